The molecule has 0 fully saturated rings. The normalized spacial score (nSPS) is 9.00. The van der Waals surface area contributed by atoms with E-state index in [1.165, 1.54) is 0 Å². The van der Waals surface area contributed by atoms with Gasteiger partial charge in [-0.25, -0.2) is 0 Å². The van der Waals surface area contributed by atoms with Crippen LogP contribution in [0.25, 0.3) is 0 Å². The molecule has 0 atom stereocenters. The average Bonchev–Trinajstić information content (AvgIpc) is 2.15. The van der Waals surface area contributed by atoms with E-state index in [1.54, 1.807) is 19.5 Å². The van der Waals surface area contributed by atoms with Crippen LogP contribution in [0.5, 0.6) is 5.75 Å². The van der Waals surface area contributed by atoms with Crippen LogP contribution in [0.2, 0.25) is 0 Å². The first-order chi connectivity index (χ1) is 5.86. The summed E-state index contributed by atoms with van der Waals surface area (Å²) in [7, 11) is 1.60. The molecule has 0 aromatic carbocycles. The molecule has 0 aliphatic rings. The van der Waals surface area contributed by atoms with Crippen molar-refractivity contribution in [3.8, 4) is 11.8 Å². The molecule has 3 heteroatoms. The lowest BCUT2D eigenvalue weighted by Gasteiger charge is -2.00. The second-order valence-corrected chi connectivity index (χ2v) is 2.39. The number of aromatic nitrogens is 1. The fourth-order valence-electron chi connectivity index (χ4n) is 0.912. The lowest BCUT2D eigenvalue weighted by Crippen LogP contribution is -1.89. The molecule has 1 aromatic heterocycles. The zero-order valence-electron chi connectivity index (χ0n) is 6.95. The molecule has 0 spiro atoms. The van der Waals surface area contributed by atoms with Gasteiger partial charge in [0.1, 0.15) is 5.75 Å². The van der Waals surface area contributed by atoms with Gasteiger partial charge in [0.05, 0.1) is 19.4 Å². The number of nitriles is 1. The molecule has 1 heterocycles. The van der Waals surface area contributed by atoms with Crippen molar-refractivity contribution in [3.05, 3.63) is 24.0 Å². The summed E-state index contributed by atoms with van der Waals surface area (Å²) in [6.45, 7) is 0. The zero-order valence-corrected chi connectivity index (χ0v) is 6.95. The maximum Gasteiger partial charge on any atom is 0.137 e. The van der Waals surface area contributed by atoms with Crippen LogP contribution in [-0.4, -0.2) is 12.1 Å². The lowest BCUT2D eigenvalue weighted by molar-refractivity contribution is 0.412. The summed E-state index contributed by atoms with van der Waals surface area (Å²) >= 11 is 0. The number of pyridine rings is 1. The molecular weight excluding hydrogens is 152 g/mol. The van der Waals surface area contributed by atoms with Crippen molar-refractivity contribution in [2.75, 3.05) is 7.11 Å². The lowest BCUT2D eigenvalue weighted by atomic mass is 10.2. The number of hydrogen-bond acceptors (Lipinski definition) is 3. The number of hydrogen-bond donors (Lipinski definition) is 0. The van der Waals surface area contributed by atoms with Gasteiger partial charge >= 0.3 is 0 Å². The summed E-state index contributed by atoms with van der Waals surface area (Å²) < 4.78 is 4.99. The van der Waals surface area contributed by atoms with Crippen molar-refractivity contribution < 1.29 is 4.74 Å². The highest BCUT2D eigenvalue weighted by molar-refractivity contribution is 5.23. The van der Waals surface area contributed by atoms with Gasteiger partial charge in [0, 0.05) is 12.6 Å². The van der Waals surface area contributed by atoms with Crippen molar-refractivity contribution in [2.24, 2.45) is 0 Å². The van der Waals surface area contributed by atoms with Crippen molar-refractivity contribution in [1.82, 2.24) is 4.98 Å². The maximum atomic E-state index is 8.35. The second kappa shape index (κ2) is 4.35. The Labute approximate surface area is 71.6 Å². The SMILES string of the molecule is COc1cncc(CCC#N)c1. The van der Waals surface area contributed by atoms with Crippen molar-refractivity contribution >= 4 is 0 Å². The van der Waals surface area contributed by atoms with Gasteiger partial charge in [0.25, 0.3) is 0 Å². The van der Waals surface area contributed by atoms with E-state index in [0.717, 1.165) is 17.7 Å². The fraction of sp³-hybridized carbons (Fsp3) is 0.333. The van der Waals surface area contributed by atoms with Crippen LogP contribution in [0.15, 0.2) is 18.5 Å². The van der Waals surface area contributed by atoms with E-state index in [4.69, 9.17) is 10.00 Å². The first kappa shape index (κ1) is 8.54. The number of methoxy groups -OCH3 is 1. The van der Waals surface area contributed by atoms with E-state index in [1.807, 2.05) is 6.07 Å². The van der Waals surface area contributed by atoms with Gasteiger partial charge in [-0.05, 0) is 18.1 Å². The molecule has 0 aliphatic heterocycles. The molecule has 0 radical (unpaired) electrons. The summed E-state index contributed by atoms with van der Waals surface area (Å²) in [6, 6.07) is 3.98. The molecule has 1 aromatic rings. The Hall–Kier alpha value is -1.56. The quantitative estimate of drug-likeness (QED) is 0.677. The highest BCUT2D eigenvalue weighted by Gasteiger charge is 1.95. The standard InChI is InChI=1S/C9H10N2O/c1-12-9-5-8(3-2-4-10)6-11-7-9/h5-7H,2-3H2,1H3. The molecule has 3 nitrogen and oxygen atoms in total. The number of nitrogens with zero attached hydrogens (tertiary/aromatic N) is 2. The maximum absolute atomic E-state index is 8.35. The molecule has 12 heavy (non-hydrogen) atoms. The van der Waals surface area contributed by atoms with Crippen LogP contribution in [0, 0.1) is 11.3 Å². The minimum Gasteiger partial charge on any atom is -0.495 e. The third-order valence-electron chi connectivity index (χ3n) is 1.53. The first-order valence-corrected chi connectivity index (χ1v) is 3.71. The number of rotatable bonds is 3. The third kappa shape index (κ3) is 2.24. The number of aryl methyl sites for hydroxylation is 1. The first-order valence-electron chi connectivity index (χ1n) is 3.71. The summed E-state index contributed by atoms with van der Waals surface area (Å²) in [4.78, 5) is 3.97. The van der Waals surface area contributed by atoms with E-state index in [9.17, 15) is 0 Å². The van der Waals surface area contributed by atoms with Crippen molar-refractivity contribution in [1.29, 1.82) is 5.26 Å². The Morgan fingerprint density at radius 2 is 2.42 bits per heavy atom. The second-order valence-electron chi connectivity index (χ2n) is 2.39. The van der Waals surface area contributed by atoms with Gasteiger partial charge in [-0.15, -0.1) is 0 Å². The van der Waals surface area contributed by atoms with Crippen LogP contribution >= 0.6 is 0 Å². The molecule has 1 rings (SSSR count). The zero-order chi connectivity index (χ0) is 8.81. The Morgan fingerprint density at radius 1 is 1.58 bits per heavy atom. The van der Waals surface area contributed by atoms with Crippen LogP contribution in [0.1, 0.15) is 12.0 Å². The summed E-state index contributed by atoms with van der Waals surface area (Å²) in [5.41, 5.74) is 1.04. The number of ether oxygens (including phenoxy) is 1. The van der Waals surface area contributed by atoms with Crippen molar-refractivity contribution in [2.45, 2.75) is 12.8 Å². The van der Waals surface area contributed by atoms with Gasteiger partial charge in [-0.1, -0.05) is 0 Å². The molecule has 0 saturated heterocycles. The molecule has 0 N–H and O–H groups in total. The third-order valence-corrected chi connectivity index (χ3v) is 1.53. The van der Waals surface area contributed by atoms with Gasteiger partial charge in [0.15, 0.2) is 0 Å². The molecule has 0 amide bonds. The Morgan fingerprint density at radius 3 is 3.08 bits per heavy atom. The monoisotopic (exact) mass is 162 g/mol. The molecular formula is C9H10N2O. The predicted molar refractivity (Wildman–Crippen MR) is 44.7 cm³/mol. The largest absolute Gasteiger partial charge is 0.495 e. The topological polar surface area (TPSA) is 45.9 Å². The highest BCUT2D eigenvalue weighted by Crippen LogP contribution is 2.11. The van der Waals surface area contributed by atoms with E-state index >= 15 is 0 Å². The molecule has 0 saturated carbocycles. The highest BCUT2D eigenvalue weighted by atomic mass is 16.5. The minimum absolute atomic E-state index is 0.523. The van der Waals surface area contributed by atoms with Gasteiger partial charge in [0.2, 0.25) is 0 Å². The fourth-order valence-corrected chi connectivity index (χ4v) is 0.912. The minimum atomic E-state index is 0.523. The van der Waals surface area contributed by atoms with Gasteiger partial charge in [-0.3, -0.25) is 4.98 Å². The van der Waals surface area contributed by atoms with E-state index in [0.29, 0.717) is 6.42 Å². The molecule has 0 unspecified atom stereocenters. The average molecular weight is 162 g/mol. The van der Waals surface area contributed by atoms with Gasteiger partial charge < -0.3 is 4.74 Å². The molecule has 0 aliphatic carbocycles. The van der Waals surface area contributed by atoms with Crippen LogP contribution < -0.4 is 4.74 Å². The Bertz CT molecular complexity index is 291. The summed E-state index contributed by atoms with van der Waals surface area (Å²) in [5, 5.41) is 8.35. The van der Waals surface area contributed by atoms with Crippen LogP contribution in [-0.2, 0) is 6.42 Å². The van der Waals surface area contributed by atoms with Crippen LogP contribution in [0.3, 0.4) is 0 Å². The van der Waals surface area contributed by atoms with E-state index in [-0.39, 0.29) is 0 Å². The summed E-state index contributed by atoms with van der Waals surface area (Å²) in [5.74, 6) is 0.741. The Kier molecular flexibility index (Phi) is 3.09. The van der Waals surface area contributed by atoms with Gasteiger partial charge in [-0.2, -0.15) is 5.26 Å². The van der Waals surface area contributed by atoms with E-state index < -0.39 is 0 Å². The predicted octanol–water partition coefficient (Wildman–Crippen LogP) is 1.55. The van der Waals surface area contributed by atoms with E-state index in [2.05, 4.69) is 11.1 Å². The Balaban J connectivity index is 2.67. The molecule has 62 valence electrons. The van der Waals surface area contributed by atoms with Crippen molar-refractivity contribution in [3.63, 3.8) is 0 Å². The summed E-state index contributed by atoms with van der Waals surface area (Å²) in [6.07, 6.45) is 4.66. The molecule has 0 bridgehead atoms. The van der Waals surface area contributed by atoms with Crippen LogP contribution in [0.4, 0.5) is 0 Å². The smallest absolute Gasteiger partial charge is 0.137 e.